The number of nitriles is 1. The van der Waals surface area contributed by atoms with Crippen LogP contribution in [-0.2, 0) is 0 Å². The predicted octanol–water partition coefficient (Wildman–Crippen LogP) is 1.70. The molecule has 1 aromatic carbocycles. The van der Waals surface area contributed by atoms with Crippen LogP contribution in [0.15, 0.2) is 22.6 Å². The molecule has 2 rings (SSSR count). The lowest BCUT2D eigenvalue weighted by Gasteiger charge is -2.04. The summed E-state index contributed by atoms with van der Waals surface area (Å²) in [5, 5.41) is 27.4. The first kappa shape index (κ1) is 11.6. The minimum atomic E-state index is -0.567. The minimum absolute atomic E-state index is 0.00468. The molecule has 18 heavy (non-hydrogen) atoms. The Bertz CT molecular complexity index is 742. The van der Waals surface area contributed by atoms with Gasteiger partial charge < -0.3 is 9.15 Å². The molecule has 0 saturated heterocycles. The third-order valence-corrected chi connectivity index (χ3v) is 2.37. The molecule has 1 aromatic heterocycles. The summed E-state index contributed by atoms with van der Waals surface area (Å²) in [7, 11) is 1.34. The summed E-state index contributed by atoms with van der Waals surface area (Å²) in [6.07, 6.45) is 0. The lowest BCUT2D eigenvalue weighted by molar-refractivity contribution is -0.384. The highest BCUT2D eigenvalue weighted by molar-refractivity contribution is 5.85. The molecule has 0 aliphatic carbocycles. The lowest BCUT2D eigenvalue weighted by Crippen LogP contribution is -2.04. The Kier molecular flexibility index (Phi) is 2.69. The van der Waals surface area contributed by atoms with Gasteiger partial charge in [-0.3, -0.25) is 15.5 Å². The second-order valence-corrected chi connectivity index (χ2v) is 3.42. The number of nitro benzene ring substituents is 1. The van der Waals surface area contributed by atoms with Crippen molar-refractivity contribution in [2.24, 2.45) is 0 Å². The first-order valence-corrected chi connectivity index (χ1v) is 4.82. The van der Waals surface area contributed by atoms with E-state index in [2.05, 4.69) is 0 Å². The lowest BCUT2D eigenvalue weighted by atomic mass is 10.1. The number of methoxy groups -OCH3 is 1. The van der Waals surface area contributed by atoms with Crippen LogP contribution in [0.1, 0.15) is 5.56 Å². The van der Waals surface area contributed by atoms with Crippen molar-refractivity contribution in [2.75, 3.05) is 7.11 Å². The zero-order valence-corrected chi connectivity index (χ0v) is 9.26. The Morgan fingerprint density at radius 2 is 2.22 bits per heavy atom. The first-order valence-electron chi connectivity index (χ1n) is 4.82. The molecule has 0 aliphatic rings. The number of non-ortho nitro benzene ring substituents is 1. The molecular weight excluding hydrogens is 238 g/mol. The topological polar surface area (TPSA) is 113 Å². The van der Waals surface area contributed by atoms with Crippen LogP contribution in [-0.4, -0.2) is 12.0 Å². The van der Waals surface area contributed by atoms with Crippen molar-refractivity contribution in [1.29, 1.82) is 10.7 Å². The molecule has 0 aliphatic heterocycles. The van der Waals surface area contributed by atoms with Crippen molar-refractivity contribution >= 4 is 16.7 Å². The van der Waals surface area contributed by atoms with Crippen LogP contribution in [0.4, 0.5) is 5.69 Å². The van der Waals surface area contributed by atoms with E-state index in [0.29, 0.717) is 5.39 Å². The molecule has 0 saturated carbocycles. The van der Waals surface area contributed by atoms with Gasteiger partial charge in [-0.15, -0.1) is 0 Å². The summed E-state index contributed by atoms with van der Waals surface area (Å²) in [4.78, 5) is 10.2. The third kappa shape index (κ3) is 1.76. The van der Waals surface area contributed by atoms with E-state index in [9.17, 15) is 10.1 Å². The van der Waals surface area contributed by atoms with Gasteiger partial charge in [0.05, 0.1) is 18.1 Å². The molecule has 7 nitrogen and oxygen atoms in total. The molecule has 0 atom stereocenters. The highest BCUT2D eigenvalue weighted by Crippen LogP contribution is 2.30. The van der Waals surface area contributed by atoms with E-state index in [1.54, 1.807) is 6.07 Å². The van der Waals surface area contributed by atoms with Crippen LogP contribution in [0.2, 0.25) is 0 Å². The van der Waals surface area contributed by atoms with Gasteiger partial charge in [-0.2, -0.15) is 5.26 Å². The van der Waals surface area contributed by atoms with Gasteiger partial charge in [0.2, 0.25) is 5.55 Å². The maximum atomic E-state index is 10.8. The summed E-state index contributed by atoms with van der Waals surface area (Å²) < 4.78 is 10.1. The Morgan fingerprint density at radius 1 is 1.50 bits per heavy atom. The molecule has 90 valence electrons. The third-order valence-electron chi connectivity index (χ3n) is 2.37. The zero-order valence-electron chi connectivity index (χ0n) is 9.26. The summed E-state index contributed by atoms with van der Waals surface area (Å²) >= 11 is 0. The van der Waals surface area contributed by atoms with E-state index in [1.165, 1.54) is 25.3 Å². The van der Waals surface area contributed by atoms with E-state index >= 15 is 0 Å². The monoisotopic (exact) mass is 245 g/mol. The molecule has 2 aromatic rings. The number of ether oxygens (including phenoxy) is 1. The van der Waals surface area contributed by atoms with E-state index in [1.807, 2.05) is 0 Å². The Labute approximate surface area is 100 Å². The second kappa shape index (κ2) is 4.18. The van der Waals surface area contributed by atoms with Gasteiger partial charge >= 0.3 is 0 Å². The number of nitrogens with zero attached hydrogens (tertiary/aromatic N) is 2. The van der Waals surface area contributed by atoms with E-state index < -0.39 is 4.92 Å². The predicted molar refractivity (Wildman–Crippen MR) is 60.0 cm³/mol. The molecule has 1 heterocycles. The summed E-state index contributed by atoms with van der Waals surface area (Å²) in [5.41, 5.74) is -0.273. The molecule has 7 heteroatoms. The molecule has 1 N–H and O–H groups in total. The van der Waals surface area contributed by atoms with Crippen LogP contribution in [0, 0.1) is 26.9 Å². The van der Waals surface area contributed by atoms with Crippen molar-refractivity contribution in [3.63, 3.8) is 0 Å². The van der Waals surface area contributed by atoms with Crippen LogP contribution in [0.5, 0.6) is 5.75 Å². The zero-order chi connectivity index (χ0) is 13.3. The number of hydrogen-bond donors (Lipinski definition) is 1. The van der Waals surface area contributed by atoms with Crippen molar-refractivity contribution in [2.45, 2.75) is 0 Å². The molecule has 0 radical (unpaired) electrons. The minimum Gasteiger partial charge on any atom is -0.493 e. The van der Waals surface area contributed by atoms with Crippen molar-refractivity contribution in [3.8, 4) is 11.8 Å². The van der Waals surface area contributed by atoms with Gasteiger partial charge in [-0.05, 0) is 6.07 Å². The van der Waals surface area contributed by atoms with Crippen LogP contribution >= 0.6 is 0 Å². The fraction of sp³-hybridized carbons (Fsp3) is 0.0909. The maximum Gasteiger partial charge on any atom is 0.274 e. The molecule has 0 unspecified atom stereocenters. The molecular formula is C11H7N3O4. The SMILES string of the molecule is COc1cc([N+](=O)[O-])cc2cc(C#N)c(=N)oc12. The summed E-state index contributed by atoms with van der Waals surface area (Å²) in [6.45, 7) is 0. The standard InChI is InChI=1S/C11H7N3O4/c1-17-9-4-8(14(15)16)3-6-2-7(5-12)11(13)18-10(6)9/h2-4,13H,1H3. The number of nitro groups is 1. The van der Waals surface area contributed by atoms with Gasteiger partial charge in [0.25, 0.3) is 5.69 Å². The van der Waals surface area contributed by atoms with Crippen LogP contribution < -0.4 is 10.3 Å². The molecule has 0 fully saturated rings. The van der Waals surface area contributed by atoms with Gasteiger partial charge in [-0.1, -0.05) is 0 Å². The van der Waals surface area contributed by atoms with Crippen molar-refractivity contribution < 1.29 is 14.1 Å². The van der Waals surface area contributed by atoms with Gasteiger partial charge in [0, 0.05) is 11.5 Å². The number of hydrogen-bond acceptors (Lipinski definition) is 6. The Morgan fingerprint density at radius 3 is 2.78 bits per heavy atom. The van der Waals surface area contributed by atoms with Gasteiger partial charge in [0.1, 0.15) is 11.6 Å². The Balaban J connectivity index is 2.89. The van der Waals surface area contributed by atoms with E-state index in [0.717, 1.165) is 0 Å². The second-order valence-electron chi connectivity index (χ2n) is 3.42. The molecule has 0 spiro atoms. The number of rotatable bonds is 2. The fourth-order valence-corrected chi connectivity index (χ4v) is 1.54. The summed E-state index contributed by atoms with van der Waals surface area (Å²) in [5.74, 6) is 0.150. The average Bonchev–Trinajstić information content (AvgIpc) is 2.36. The number of nitrogens with one attached hydrogen (secondary N) is 1. The maximum absolute atomic E-state index is 10.8. The summed E-state index contributed by atoms with van der Waals surface area (Å²) in [6, 6.07) is 5.61. The van der Waals surface area contributed by atoms with Gasteiger partial charge in [-0.25, -0.2) is 0 Å². The Hall–Kier alpha value is -2.88. The fourth-order valence-electron chi connectivity index (χ4n) is 1.54. The quantitative estimate of drug-likeness (QED) is 0.638. The van der Waals surface area contributed by atoms with Gasteiger partial charge in [0.15, 0.2) is 11.3 Å². The van der Waals surface area contributed by atoms with Crippen molar-refractivity contribution in [3.05, 3.63) is 39.4 Å². The highest BCUT2D eigenvalue weighted by Gasteiger charge is 2.15. The number of fused-ring (bicyclic) bond motifs is 1. The normalized spacial score (nSPS) is 10.0. The van der Waals surface area contributed by atoms with Crippen LogP contribution in [0.3, 0.4) is 0 Å². The smallest absolute Gasteiger partial charge is 0.274 e. The van der Waals surface area contributed by atoms with E-state index in [4.69, 9.17) is 19.8 Å². The largest absolute Gasteiger partial charge is 0.493 e. The van der Waals surface area contributed by atoms with Crippen molar-refractivity contribution in [1.82, 2.24) is 0 Å². The van der Waals surface area contributed by atoms with E-state index in [-0.39, 0.29) is 28.1 Å². The molecule has 0 amide bonds. The first-order chi connectivity index (χ1) is 8.56. The molecule has 0 bridgehead atoms. The number of benzene rings is 1. The highest BCUT2D eigenvalue weighted by atomic mass is 16.6. The van der Waals surface area contributed by atoms with Crippen LogP contribution in [0.25, 0.3) is 11.0 Å². The average molecular weight is 245 g/mol.